The largest absolute Gasteiger partial charge is 0.348 e. The fourth-order valence-electron chi connectivity index (χ4n) is 4.07. The summed E-state index contributed by atoms with van der Waals surface area (Å²) in [6.07, 6.45) is 1.67. The Kier molecular flexibility index (Phi) is 6.14. The van der Waals surface area contributed by atoms with E-state index in [1.54, 1.807) is 39.9 Å². The molecule has 2 aromatic heterocycles. The third-order valence-corrected chi connectivity index (χ3v) is 6.05. The molecule has 1 aliphatic heterocycles. The minimum absolute atomic E-state index is 0.188. The second kappa shape index (κ2) is 9.52. The summed E-state index contributed by atoms with van der Waals surface area (Å²) in [6.45, 7) is 2.35. The normalized spacial score (nSPS) is 13.8. The highest BCUT2D eigenvalue weighted by molar-refractivity contribution is 6.30. The Morgan fingerprint density at radius 1 is 0.971 bits per heavy atom. The van der Waals surface area contributed by atoms with E-state index in [1.807, 2.05) is 47.4 Å². The summed E-state index contributed by atoms with van der Waals surface area (Å²) in [7, 11) is 0. The number of pyridine rings is 1. The van der Waals surface area contributed by atoms with E-state index in [0.717, 1.165) is 5.56 Å². The van der Waals surface area contributed by atoms with Crippen LogP contribution in [0.1, 0.15) is 5.56 Å². The van der Waals surface area contributed by atoms with Gasteiger partial charge in [-0.15, -0.1) is 0 Å². The number of hydrogen-bond acceptors (Lipinski definition) is 5. The number of piperazine rings is 1. The Hall–Kier alpha value is -3.91. The number of rotatable bonds is 4. The van der Waals surface area contributed by atoms with Crippen molar-refractivity contribution in [2.45, 2.75) is 6.54 Å². The minimum atomic E-state index is -0.195. The van der Waals surface area contributed by atoms with Gasteiger partial charge in [-0.05, 0) is 35.9 Å². The molecular formula is C25H23ClN6O2. The van der Waals surface area contributed by atoms with E-state index in [4.69, 9.17) is 11.6 Å². The van der Waals surface area contributed by atoms with Gasteiger partial charge in [0.25, 0.3) is 5.56 Å². The highest BCUT2D eigenvalue weighted by atomic mass is 35.5. The van der Waals surface area contributed by atoms with Crippen molar-refractivity contribution in [2.75, 3.05) is 36.4 Å². The van der Waals surface area contributed by atoms with Crippen molar-refractivity contribution in [3.05, 3.63) is 93.9 Å². The van der Waals surface area contributed by atoms with E-state index >= 15 is 0 Å². The monoisotopic (exact) mass is 474 g/mol. The molecule has 1 fully saturated rings. The van der Waals surface area contributed by atoms with Gasteiger partial charge in [-0.3, -0.25) is 9.36 Å². The van der Waals surface area contributed by atoms with E-state index < -0.39 is 0 Å². The van der Waals surface area contributed by atoms with Gasteiger partial charge < -0.3 is 15.1 Å². The van der Waals surface area contributed by atoms with Crippen LogP contribution in [0.15, 0.2) is 77.7 Å². The fraction of sp³-hybridized carbons (Fsp3) is 0.200. The molecule has 0 radical (unpaired) electrons. The molecule has 5 rings (SSSR count). The second-order valence-corrected chi connectivity index (χ2v) is 8.51. The predicted octanol–water partition coefficient (Wildman–Crippen LogP) is 3.85. The number of halogens is 1. The third kappa shape index (κ3) is 4.58. The van der Waals surface area contributed by atoms with Crippen LogP contribution in [0.4, 0.5) is 16.3 Å². The molecule has 0 atom stereocenters. The molecule has 2 aromatic carbocycles. The Balaban J connectivity index is 1.36. The molecule has 0 aliphatic carbocycles. The molecule has 9 heteroatoms. The maximum absolute atomic E-state index is 13.5. The zero-order valence-electron chi connectivity index (χ0n) is 18.4. The van der Waals surface area contributed by atoms with Gasteiger partial charge >= 0.3 is 6.03 Å². The number of nitrogens with one attached hydrogen (secondary N) is 1. The number of carbonyl (C=O) groups excluding carboxylic acids is 1. The summed E-state index contributed by atoms with van der Waals surface area (Å²) in [5.74, 6) is 0.381. The number of nitrogens with zero attached hydrogens (tertiary/aromatic N) is 5. The highest BCUT2D eigenvalue weighted by Crippen LogP contribution is 2.18. The van der Waals surface area contributed by atoms with Crippen LogP contribution >= 0.6 is 11.6 Å². The molecule has 4 aromatic rings. The molecule has 1 aliphatic rings. The van der Waals surface area contributed by atoms with E-state index in [0.29, 0.717) is 60.4 Å². The van der Waals surface area contributed by atoms with Gasteiger partial charge in [0.2, 0.25) is 0 Å². The number of hydrogen-bond donors (Lipinski definition) is 1. The molecule has 0 spiro atoms. The van der Waals surface area contributed by atoms with Gasteiger partial charge in [0.15, 0.2) is 11.5 Å². The summed E-state index contributed by atoms with van der Waals surface area (Å²) in [4.78, 5) is 38.9. The van der Waals surface area contributed by atoms with Crippen LogP contribution in [0.3, 0.4) is 0 Å². The molecule has 0 unspecified atom stereocenters. The smallest absolute Gasteiger partial charge is 0.321 e. The number of fused-ring (bicyclic) bond motifs is 1. The van der Waals surface area contributed by atoms with Gasteiger partial charge in [-0.25, -0.2) is 14.8 Å². The first kappa shape index (κ1) is 21.9. The maximum atomic E-state index is 13.5. The summed E-state index contributed by atoms with van der Waals surface area (Å²) in [5, 5.41) is 3.43. The number of carbonyl (C=O) groups is 1. The number of anilines is 2. The van der Waals surface area contributed by atoms with Gasteiger partial charge in [-0.2, -0.15) is 0 Å². The quantitative estimate of drug-likeness (QED) is 0.485. The van der Waals surface area contributed by atoms with Gasteiger partial charge in [-0.1, -0.05) is 48.0 Å². The summed E-state index contributed by atoms with van der Waals surface area (Å²) >= 11 is 6.01. The standard InChI is InChI=1S/C25H23ClN6O2/c26-19-8-4-9-20(16-19)28-25(34)31-14-12-30(13-15-31)23-24(33)32(17-18-6-2-1-3-7-18)22-21(29-23)10-5-11-27-22/h1-11,16H,12-15,17H2,(H,28,34). The first-order valence-corrected chi connectivity index (χ1v) is 11.4. The fourth-order valence-corrected chi connectivity index (χ4v) is 4.26. The number of amides is 2. The van der Waals surface area contributed by atoms with E-state index in [-0.39, 0.29) is 11.6 Å². The van der Waals surface area contributed by atoms with Crippen molar-refractivity contribution >= 4 is 40.3 Å². The van der Waals surface area contributed by atoms with Crippen LogP contribution in [0.2, 0.25) is 5.02 Å². The van der Waals surface area contributed by atoms with Crippen molar-refractivity contribution in [3.63, 3.8) is 0 Å². The lowest BCUT2D eigenvalue weighted by Crippen LogP contribution is -2.51. The number of aromatic nitrogens is 3. The SMILES string of the molecule is O=C(Nc1cccc(Cl)c1)N1CCN(c2nc3cccnc3n(Cc3ccccc3)c2=O)CC1. The lowest BCUT2D eigenvalue weighted by molar-refractivity contribution is 0.208. The van der Waals surface area contributed by atoms with Gasteiger partial charge in [0.05, 0.1) is 6.54 Å². The Labute approximate surface area is 201 Å². The van der Waals surface area contributed by atoms with Crippen LogP contribution in [-0.4, -0.2) is 51.6 Å². The molecule has 1 saturated heterocycles. The summed E-state index contributed by atoms with van der Waals surface area (Å²) in [6, 6.07) is 20.3. The average Bonchev–Trinajstić information content (AvgIpc) is 2.86. The van der Waals surface area contributed by atoms with Crippen LogP contribution in [-0.2, 0) is 6.54 Å². The first-order chi connectivity index (χ1) is 16.6. The molecule has 0 bridgehead atoms. The van der Waals surface area contributed by atoms with Gasteiger partial charge in [0, 0.05) is 43.1 Å². The zero-order valence-corrected chi connectivity index (χ0v) is 19.2. The Bertz CT molecular complexity index is 1380. The zero-order chi connectivity index (χ0) is 23.5. The summed E-state index contributed by atoms with van der Waals surface area (Å²) < 4.78 is 1.67. The maximum Gasteiger partial charge on any atom is 0.321 e. The van der Waals surface area contributed by atoms with Crippen LogP contribution in [0, 0.1) is 0 Å². The molecule has 3 heterocycles. The topological polar surface area (TPSA) is 83.4 Å². The van der Waals surface area contributed by atoms with E-state index in [9.17, 15) is 9.59 Å². The van der Waals surface area contributed by atoms with E-state index in [2.05, 4.69) is 15.3 Å². The Morgan fingerprint density at radius 3 is 2.53 bits per heavy atom. The van der Waals surface area contributed by atoms with Crippen molar-refractivity contribution < 1.29 is 4.79 Å². The van der Waals surface area contributed by atoms with Crippen molar-refractivity contribution in [1.29, 1.82) is 0 Å². The highest BCUT2D eigenvalue weighted by Gasteiger charge is 2.25. The third-order valence-electron chi connectivity index (χ3n) is 5.81. The van der Waals surface area contributed by atoms with Gasteiger partial charge in [0.1, 0.15) is 5.52 Å². The molecular weight excluding hydrogens is 452 g/mol. The van der Waals surface area contributed by atoms with Crippen LogP contribution in [0.5, 0.6) is 0 Å². The predicted molar refractivity (Wildman–Crippen MR) is 134 cm³/mol. The molecule has 34 heavy (non-hydrogen) atoms. The number of benzene rings is 2. The lowest BCUT2D eigenvalue weighted by Gasteiger charge is -2.35. The van der Waals surface area contributed by atoms with E-state index in [1.165, 1.54) is 0 Å². The second-order valence-electron chi connectivity index (χ2n) is 8.07. The molecule has 172 valence electrons. The minimum Gasteiger partial charge on any atom is -0.348 e. The molecule has 1 N–H and O–H groups in total. The Morgan fingerprint density at radius 2 is 1.76 bits per heavy atom. The average molecular weight is 475 g/mol. The molecule has 0 saturated carbocycles. The molecule has 8 nitrogen and oxygen atoms in total. The van der Waals surface area contributed by atoms with Crippen molar-refractivity contribution in [3.8, 4) is 0 Å². The lowest BCUT2D eigenvalue weighted by atomic mass is 10.2. The first-order valence-electron chi connectivity index (χ1n) is 11.0. The van der Waals surface area contributed by atoms with Crippen molar-refractivity contribution in [2.24, 2.45) is 0 Å². The van der Waals surface area contributed by atoms with Crippen LogP contribution in [0.25, 0.3) is 11.2 Å². The van der Waals surface area contributed by atoms with Crippen LogP contribution < -0.4 is 15.8 Å². The van der Waals surface area contributed by atoms with Crippen molar-refractivity contribution in [1.82, 2.24) is 19.4 Å². The summed E-state index contributed by atoms with van der Waals surface area (Å²) in [5.41, 5.74) is 2.68. The molecule has 2 amide bonds. The number of urea groups is 1.